The van der Waals surface area contributed by atoms with Gasteiger partial charge in [-0.05, 0) is 66.3 Å². The maximum absolute atomic E-state index is 13.2. The largest absolute Gasteiger partial charge is 0.494 e. The summed E-state index contributed by atoms with van der Waals surface area (Å²) in [6.07, 6.45) is 6.15. The molecule has 254 valence electrons. The van der Waals surface area contributed by atoms with Crippen molar-refractivity contribution < 1.29 is 24.2 Å². The number of nitrogens with one attached hydrogen (secondary N) is 2. The van der Waals surface area contributed by atoms with Gasteiger partial charge in [0.05, 0.1) is 6.61 Å². The van der Waals surface area contributed by atoms with Crippen LogP contribution in [-0.2, 0) is 21.4 Å². The van der Waals surface area contributed by atoms with Gasteiger partial charge in [0.25, 0.3) is 5.91 Å². The van der Waals surface area contributed by atoms with Gasteiger partial charge >= 0.3 is 5.97 Å². The summed E-state index contributed by atoms with van der Waals surface area (Å²) in [6.45, 7) is 10.6. The van der Waals surface area contributed by atoms with Crippen LogP contribution in [-0.4, -0.2) is 51.8 Å². The lowest BCUT2D eigenvalue weighted by Gasteiger charge is -2.21. The molecule has 0 aliphatic carbocycles. The summed E-state index contributed by atoms with van der Waals surface area (Å²) in [5, 5.41) is 24.9. The summed E-state index contributed by atoms with van der Waals surface area (Å²) in [5.74, 6) is -1.32. The molecule has 0 radical (unpaired) electrons. The highest BCUT2D eigenvalue weighted by molar-refractivity contribution is 7.17. The highest BCUT2D eigenvalue weighted by Gasteiger charge is 2.25. The summed E-state index contributed by atoms with van der Waals surface area (Å²) >= 11 is 1.48. The smallest absolute Gasteiger partial charge is 0.325 e. The molecule has 0 spiro atoms. The summed E-state index contributed by atoms with van der Waals surface area (Å²) in [5.41, 5.74) is 4.04. The van der Waals surface area contributed by atoms with Crippen molar-refractivity contribution in [3.63, 3.8) is 0 Å². The van der Waals surface area contributed by atoms with Crippen LogP contribution >= 0.6 is 11.3 Å². The molecule has 0 saturated carbocycles. The topological polar surface area (TPSA) is 131 Å². The van der Waals surface area contributed by atoms with Crippen molar-refractivity contribution in [3.05, 3.63) is 89.5 Å². The number of hydrogen-bond donors (Lipinski definition) is 3. The van der Waals surface area contributed by atoms with E-state index in [1.807, 2.05) is 60.7 Å². The first-order valence-electron chi connectivity index (χ1n) is 16.5. The molecule has 3 aromatic carbocycles. The fourth-order valence-corrected chi connectivity index (χ4v) is 5.87. The molecule has 2 atom stereocenters. The summed E-state index contributed by atoms with van der Waals surface area (Å²) < 4.78 is 5.89. The second kappa shape index (κ2) is 17.0. The van der Waals surface area contributed by atoms with Crippen molar-refractivity contribution >= 4 is 29.1 Å². The van der Waals surface area contributed by atoms with E-state index >= 15 is 0 Å². The van der Waals surface area contributed by atoms with Crippen LogP contribution in [0, 0.1) is 0 Å². The molecule has 2 amide bonds. The Labute approximate surface area is 287 Å². The number of carboxylic acids is 1. The minimum Gasteiger partial charge on any atom is -0.494 e. The van der Waals surface area contributed by atoms with Gasteiger partial charge in [-0.15, -0.1) is 10.2 Å². The molecule has 0 fully saturated rings. The second-order valence-corrected chi connectivity index (χ2v) is 14.0. The lowest BCUT2D eigenvalue weighted by molar-refractivity contribution is -0.141. The zero-order chi connectivity index (χ0) is 34.7. The van der Waals surface area contributed by atoms with Crippen LogP contribution in [0.3, 0.4) is 0 Å². The third kappa shape index (κ3) is 10.5. The van der Waals surface area contributed by atoms with Crippen molar-refractivity contribution in [2.45, 2.75) is 90.6 Å². The van der Waals surface area contributed by atoms with Gasteiger partial charge < -0.3 is 20.5 Å². The van der Waals surface area contributed by atoms with Crippen molar-refractivity contribution in [3.8, 4) is 26.9 Å². The van der Waals surface area contributed by atoms with E-state index in [-0.39, 0.29) is 11.8 Å². The fraction of sp³-hybridized carbons (Fsp3) is 0.395. The third-order valence-corrected chi connectivity index (χ3v) is 9.07. The van der Waals surface area contributed by atoms with Gasteiger partial charge in [0, 0.05) is 23.1 Å². The zero-order valence-corrected chi connectivity index (χ0v) is 29.2. The zero-order valence-electron chi connectivity index (χ0n) is 28.4. The molecule has 0 saturated heterocycles. The Hall–Kier alpha value is -4.57. The van der Waals surface area contributed by atoms with Gasteiger partial charge in [0.2, 0.25) is 5.91 Å². The van der Waals surface area contributed by atoms with E-state index in [1.54, 1.807) is 12.1 Å². The second-order valence-electron chi connectivity index (χ2n) is 13.0. The molecule has 0 aliphatic rings. The number of aliphatic carboxylic acids is 1. The molecule has 48 heavy (non-hydrogen) atoms. The maximum Gasteiger partial charge on any atom is 0.325 e. The molecule has 10 heteroatoms. The van der Waals surface area contributed by atoms with Crippen LogP contribution < -0.4 is 15.4 Å². The van der Waals surface area contributed by atoms with Crippen molar-refractivity contribution in [1.82, 2.24) is 20.8 Å². The van der Waals surface area contributed by atoms with Crippen molar-refractivity contribution in [2.24, 2.45) is 0 Å². The Kier molecular flexibility index (Phi) is 12.9. The maximum atomic E-state index is 13.2. The third-order valence-electron chi connectivity index (χ3n) is 8.05. The van der Waals surface area contributed by atoms with E-state index in [2.05, 4.69) is 48.5 Å². The number of carbonyl (C=O) groups is 3. The number of carboxylic acid groups (broad SMARTS) is 1. The number of hydrogen-bond acceptors (Lipinski definition) is 7. The van der Waals surface area contributed by atoms with Crippen LogP contribution in [0.1, 0.15) is 88.2 Å². The molecule has 9 nitrogen and oxygen atoms in total. The number of benzene rings is 3. The average molecular weight is 671 g/mol. The predicted molar refractivity (Wildman–Crippen MR) is 190 cm³/mol. The predicted octanol–water partition coefficient (Wildman–Crippen LogP) is 7.45. The molecule has 1 heterocycles. The molecule has 0 unspecified atom stereocenters. The van der Waals surface area contributed by atoms with E-state index in [4.69, 9.17) is 4.74 Å². The first-order chi connectivity index (χ1) is 22.9. The van der Waals surface area contributed by atoms with Crippen LogP contribution in [0.4, 0.5) is 0 Å². The van der Waals surface area contributed by atoms with Crippen LogP contribution in [0.25, 0.3) is 21.1 Å². The summed E-state index contributed by atoms with van der Waals surface area (Å²) in [4.78, 5) is 37.7. The van der Waals surface area contributed by atoms with Gasteiger partial charge in [0.15, 0.2) is 0 Å². The number of aromatic nitrogens is 2. The van der Waals surface area contributed by atoms with Gasteiger partial charge in [-0.1, -0.05) is 101 Å². The monoisotopic (exact) mass is 670 g/mol. The Morgan fingerprint density at radius 3 is 1.96 bits per heavy atom. The Balaban J connectivity index is 1.41. The molecule has 0 aliphatic heterocycles. The highest BCUT2D eigenvalue weighted by atomic mass is 32.1. The van der Waals surface area contributed by atoms with Crippen LogP contribution in [0.2, 0.25) is 0 Å². The number of ether oxygens (including phenoxy) is 1. The summed E-state index contributed by atoms with van der Waals surface area (Å²) in [6, 6.07) is 20.6. The molecule has 4 aromatic rings. The molecule has 3 N–H and O–H groups in total. The van der Waals surface area contributed by atoms with Crippen LogP contribution in [0.15, 0.2) is 72.8 Å². The quantitative estimate of drug-likeness (QED) is 0.106. The molecule has 4 rings (SSSR count). The van der Waals surface area contributed by atoms with Gasteiger partial charge in [-0.25, -0.2) is 0 Å². The van der Waals surface area contributed by atoms with Crippen molar-refractivity contribution in [1.29, 1.82) is 0 Å². The van der Waals surface area contributed by atoms with E-state index < -0.39 is 29.9 Å². The minimum atomic E-state index is -1.16. The number of carbonyl (C=O) groups excluding carboxylic acids is 2. The summed E-state index contributed by atoms with van der Waals surface area (Å²) in [7, 11) is 0. The number of rotatable bonds is 16. The number of amides is 2. The average Bonchev–Trinajstić information content (AvgIpc) is 3.56. The van der Waals surface area contributed by atoms with E-state index in [0.717, 1.165) is 44.4 Å². The van der Waals surface area contributed by atoms with Gasteiger partial charge in [-0.2, -0.15) is 0 Å². The Morgan fingerprint density at radius 1 is 0.812 bits per heavy atom. The standard InChI is InChI=1S/C38H46N4O5S/c1-6-7-8-9-10-23-47-31-21-17-29(18-22-31)36-42-41-35(48-36)28-13-11-26(12-14-28)24-32(34(44)39-25(2)37(45)46)40-33(43)27-15-19-30(20-16-27)38(3,4)5/h11-22,25,32H,6-10,23-24H2,1-5H3,(H,39,44)(H,40,43)(H,45,46)/t25-,32+/m1/s1. The fourth-order valence-electron chi connectivity index (χ4n) is 5.01. The van der Waals surface area contributed by atoms with Crippen LogP contribution in [0.5, 0.6) is 5.75 Å². The molecule has 1 aromatic heterocycles. The first-order valence-corrected chi connectivity index (χ1v) is 17.4. The SMILES string of the molecule is CCCCCCCOc1ccc(-c2nnc(-c3ccc(C[C@H](NC(=O)c4ccc(C(C)(C)C)cc4)C(=O)N[C@H](C)C(=O)O)cc3)s2)cc1. The normalized spacial score (nSPS) is 12.6. The number of unbranched alkanes of at least 4 members (excludes halogenated alkanes) is 4. The van der Waals surface area contributed by atoms with E-state index in [9.17, 15) is 19.5 Å². The minimum absolute atomic E-state index is 0.0689. The van der Waals surface area contributed by atoms with Gasteiger partial charge in [-0.3, -0.25) is 14.4 Å². The number of nitrogens with zero attached hydrogens (tertiary/aromatic N) is 2. The Morgan fingerprint density at radius 2 is 1.40 bits per heavy atom. The molecule has 0 bridgehead atoms. The van der Waals surface area contributed by atoms with Crippen molar-refractivity contribution in [2.75, 3.05) is 6.61 Å². The first kappa shape index (κ1) is 36.3. The molecular weight excluding hydrogens is 625 g/mol. The lowest BCUT2D eigenvalue weighted by atomic mass is 9.86. The Bertz CT molecular complexity index is 1640. The highest BCUT2D eigenvalue weighted by Crippen LogP contribution is 2.31. The lowest BCUT2D eigenvalue weighted by Crippen LogP contribution is -2.51. The molecular formula is C38H46N4O5S. The van der Waals surface area contributed by atoms with Gasteiger partial charge in [0.1, 0.15) is 27.8 Å². The van der Waals surface area contributed by atoms with E-state index in [1.165, 1.54) is 43.9 Å². The van der Waals surface area contributed by atoms with E-state index in [0.29, 0.717) is 12.2 Å².